The lowest BCUT2D eigenvalue weighted by molar-refractivity contribution is -0.153. The summed E-state index contributed by atoms with van der Waals surface area (Å²) in [5.74, 6) is 1.06. The molecule has 1 aliphatic rings. The van der Waals surface area contributed by atoms with E-state index >= 15 is 0 Å². The minimum Gasteiger partial charge on any atom is -0.494 e. The molecule has 0 aliphatic carbocycles. The van der Waals surface area contributed by atoms with E-state index in [1.54, 1.807) is 18.2 Å². The molecule has 29 heavy (non-hydrogen) atoms. The molecule has 1 aliphatic heterocycles. The van der Waals surface area contributed by atoms with Gasteiger partial charge in [-0.3, -0.25) is 0 Å². The van der Waals surface area contributed by atoms with Crippen LogP contribution in [-0.4, -0.2) is 57.4 Å². The zero-order chi connectivity index (χ0) is 20.9. The third kappa shape index (κ3) is 5.98. The molecule has 2 heterocycles. The van der Waals surface area contributed by atoms with Crippen LogP contribution in [-0.2, 0) is 9.47 Å². The first kappa shape index (κ1) is 21.2. The van der Waals surface area contributed by atoms with Crippen LogP contribution in [0.25, 0.3) is 11.3 Å². The van der Waals surface area contributed by atoms with Crippen LogP contribution < -0.4 is 14.2 Å². The summed E-state index contributed by atoms with van der Waals surface area (Å²) in [5.41, 5.74) is 1.99. The highest BCUT2D eigenvalue weighted by atomic mass is 19.4. The summed E-state index contributed by atoms with van der Waals surface area (Å²) in [6.07, 6.45) is -4.55. The van der Waals surface area contributed by atoms with Gasteiger partial charge in [-0.2, -0.15) is 13.2 Å². The number of rotatable bonds is 7. The number of nitrogens with zero attached hydrogens (tertiary/aromatic N) is 1. The SMILES string of the molecule is COc1c(C)cc(OCC2COCCO2)nc1-c1ccc(OCC(F)(F)F)cc1. The molecule has 1 unspecified atom stereocenters. The predicted molar refractivity (Wildman–Crippen MR) is 98.6 cm³/mol. The smallest absolute Gasteiger partial charge is 0.422 e. The van der Waals surface area contributed by atoms with Crippen molar-refractivity contribution in [2.45, 2.75) is 19.2 Å². The van der Waals surface area contributed by atoms with E-state index in [9.17, 15) is 13.2 Å². The van der Waals surface area contributed by atoms with Crippen LogP contribution in [0.2, 0.25) is 0 Å². The fraction of sp³-hybridized carbons (Fsp3) is 0.450. The first-order valence-corrected chi connectivity index (χ1v) is 9.03. The molecule has 1 aromatic carbocycles. The highest BCUT2D eigenvalue weighted by Gasteiger charge is 2.28. The molecule has 1 fully saturated rings. The van der Waals surface area contributed by atoms with Crippen molar-refractivity contribution >= 4 is 0 Å². The van der Waals surface area contributed by atoms with Gasteiger partial charge < -0.3 is 23.7 Å². The Kier molecular flexibility index (Phi) is 6.81. The Morgan fingerprint density at radius 2 is 1.90 bits per heavy atom. The molecule has 0 radical (unpaired) electrons. The molecule has 9 heteroatoms. The van der Waals surface area contributed by atoms with Gasteiger partial charge in [-0.1, -0.05) is 0 Å². The highest BCUT2D eigenvalue weighted by Crippen LogP contribution is 2.34. The van der Waals surface area contributed by atoms with Crippen LogP contribution in [0.1, 0.15) is 5.56 Å². The van der Waals surface area contributed by atoms with Crippen LogP contribution >= 0.6 is 0 Å². The maximum absolute atomic E-state index is 12.3. The van der Waals surface area contributed by atoms with E-state index in [0.717, 1.165) is 5.56 Å². The molecule has 0 N–H and O–H groups in total. The third-order valence-electron chi connectivity index (χ3n) is 4.17. The second-order valence-electron chi connectivity index (χ2n) is 6.47. The number of halogens is 3. The van der Waals surface area contributed by atoms with Gasteiger partial charge in [-0.15, -0.1) is 0 Å². The Morgan fingerprint density at radius 1 is 1.14 bits per heavy atom. The average Bonchev–Trinajstić information content (AvgIpc) is 2.71. The van der Waals surface area contributed by atoms with Crippen molar-refractivity contribution in [2.75, 3.05) is 40.1 Å². The lowest BCUT2D eigenvalue weighted by Crippen LogP contribution is -2.33. The Balaban J connectivity index is 1.76. The quantitative estimate of drug-likeness (QED) is 0.688. The van der Waals surface area contributed by atoms with E-state index in [0.29, 0.717) is 49.3 Å². The summed E-state index contributed by atoms with van der Waals surface area (Å²) < 4.78 is 63.8. The molecule has 0 bridgehead atoms. The molecule has 3 rings (SSSR count). The fourth-order valence-corrected chi connectivity index (χ4v) is 2.84. The lowest BCUT2D eigenvalue weighted by atomic mass is 10.1. The zero-order valence-corrected chi connectivity index (χ0v) is 16.1. The molecular weight excluding hydrogens is 391 g/mol. The van der Waals surface area contributed by atoms with Gasteiger partial charge in [0.25, 0.3) is 0 Å². The van der Waals surface area contributed by atoms with Crippen LogP contribution in [0.15, 0.2) is 30.3 Å². The first-order chi connectivity index (χ1) is 13.9. The topological polar surface area (TPSA) is 59.0 Å². The number of aryl methyl sites for hydroxylation is 1. The number of methoxy groups -OCH3 is 1. The maximum Gasteiger partial charge on any atom is 0.422 e. The Bertz CT molecular complexity index is 805. The van der Waals surface area contributed by atoms with E-state index in [4.69, 9.17) is 23.7 Å². The summed E-state index contributed by atoms with van der Waals surface area (Å²) in [5, 5.41) is 0. The van der Waals surface area contributed by atoms with Crippen LogP contribution in [0.4, 0.5) is 13.2 Å². The molecule has 1 saturated heterocycles. The molecule has 0 saturated carbocycles. The third-order valence-corrected chi connectivity index (χ3v) is 4.17. The number of ether oxygens (including phenoxy) is 5. The number of pyridine rings is 1. The van der Waals surface area contributed by atoms with Gasteiger partial charge in [0.2, 0.25) is 5.88 Å². The summed E-state index contributed by atoms with van der Waals surface area (Å²) in [4.78, 5) is 4.51. The van der Waals surface area contributed by atoms with Crippen LogP contribution in [0.3, 0.4) is 0 Å². The standard InChI is InChI=1S/C20H22F3NO5/c1-13-9-17(28-11-16-10-26-7-8-27-16)24-18(19(13)25-2)14-3-5-15(6-4-14)29-12-20(21,22)23/h3-6,9,16H,7-8,10-12H2,1-2H3. The van der Waals surface area contributed by atoms with Crippen molar-refractivity contribution in [3.63, 3.8) is 0 Å². The number of benzene rings is 1. The minimum absolute atomic E-state index is 0.114. The Labute approximate surface area is 166 Å². The first-order valence-electron chi connectivity index (χ1n) is 9.03. The molecule has 0 spiro atoms. The van der Waals surface area contributed by atoms with E-state index in [1.807, 2.05) is 6.92 Å². The van der Waals surface area contributed by atoms with Crippen molar-refractivity contribution in [2.24, 2.45) is 0 Å². The van der Waals surface area contributed by atoms with Crippen molar-refractivity contribution in [1.29, 1.82) is 0 Å². The summed E-state index contributed by atoms with van der Waals surface area (Å²) in [6.45, 7) is 2.37. The number of hydrogen-bond acceptors (Lipinski definition) is 6. The fourth-order valence-electron chi connectivity index (χ4n) is 2.84. The van der Waals surface area contributed by atoms with Crippen LogP contribution in [0.5, 0.6) is 17.4 Å². The monoisotopic (exact) mass is 413 g/mol. The summed E-state index contributed by atoms with van der Waals surface area (Å²) >= 11 is 0. The largest absolute Gasteiger partial charge is 0.494 e. The molecule has 2 aromatic rings. The zero-order valence-electron chi connectivity index (χ0n) is 16.1. The second-order valence-corrected chi connectivity index (χ2v) is 6.47. The molecule has 0 amide bonds. The van der Waals surface area contributed by atoms with E-state index in [1.165, 1.54) is 19.2 Å². The molecule has 1 aromatic heterocycles. The number of hydrogen-bond donors (Lipinski definition) is 0. The normalized spacial score (nSPS) is 17.1. The lowest BCUT2D eigenvalue weighted by Gasteiger charge is -2.23. The van der Waals surface area contributed by atoms with Crippen molar-refractivity contribution in [3.05, 3.63) is 35.9 Å². The Morgan fingerprint density at radius 3 is 2.52 bits per heavy atom. The van der Waals surface area contributed by atoms with Crippen molar-refractivity contribution in [3.8, 4) is 28.6 Å². The van der Waals surface area contributed by atoms with Crippen molar-refractivity contribution in [1.82, 2.24) is 4.98 Å². The summed E-state index contributed by atoms with van der Waals surface area (Å²) in [7, 11) is 1.53. The van der Waals surface area contributed by atoms with Gasteiger partial charge in [0.1, 0.15) is 29.9 Å². The van der Waals surface area contributed by atoms with E-state index in [2.05, 4.69) is 4.98 Å². The molecule has 1 atom stereocenters. The van der Waals surface area contributed by atoms with Crippen molar-refractivity contribution < 1.29 is 36.9 Å². The van der Waals surface area contributed by atoms with Gasteiger partial charge in [0.05, 0.1) is 26.9 Å². The van der Waals surface area contributed by atoms with Crippen LogP contribution in [0, 0.1) is 6.92 Å². The summed E-state index contributed by atoms with van der Waals surface area (Å²) in [6, 6.07) is 7.92. The highest BCUT2D eigenvalue weighted by molar-refractivity contribution is 5.69. The number of alkyl halides is 3. The molecular formula is C20H22F3NO5. The second kappa shape index (κ2) is 9.32. The van der Waals surface area contributed by atoms with Gasteiger partial charge in [-0.25, -0.2) is 4.98 Å². The molecule has 6 nitrogen and oxygen atoms in total. The Hall–Kier alpha value is -2.52. The van der Waals surface area contributed by atoms with E-state index in [-0.39, 0.29) is 11.9 Å². The average molecular weight is 413 g/mol. The number of aromatic nitrogens is 1. The predicted octanol–water partition coefficient (Wildman–Crippen LogP) is 3.80. The van der Waals surface area contributed by atoms with Gasteiger partial charge in [0.15, 0.2) is 6.61 Å². The van der Waals surface area contributed by atoms with Gasteiger partial charge in [0, 0.05) is 11.6 Å². The minimum atomic E-state index is -4.39. The maximum atomic E-state index is 12.3. The molecule has 158 valence electrons. The van der Waals surface area contributed by atoms with E-state index < -0.39 is 12.8 Å². The van der Waals surface area contributed by atoms with Gasteiger partial charge in [-0.05, 0) is 36.8 Å². The van der Waals surface area contributed by atoms with Gasteiger partial charge >= 0.3 is 6.18 Å².